The fraction of sp³-hybridized carbons (Fsp3) is 0.333. The highest BCUT2D eigenvalue weighted by Crippen LogP contribution is 2.27. The highest BCUT2D eigenvalue weighted by Gasteiger charge is 2.13. The maximum Gasteiger partial charge on any atom is 0.226 e. The van der Waals surface area contributed by atoms with Crippen molar-refractivity contribution in [3.8, 4) is 11.6 Å². The zero-order valence-corrected chi connectivity index (χ0v) is 12.1. The molecular weight excluding hydrogens is 260 g/mol. The van der Waals surface area contributed by atoms with Crippen LogP contribution in [0.25, 0.3) is 0 Å². The Morgan fingerprint density at radius 1 is 1.16 bits per heavy atom. The van der Waals surface area contributed by atoms with Crippen LogP contribution in [-0.2, 0) is 11.3 Å². The fourth-order valence-electron chi connectivity index (χ4n) is 1.67. The molecule has 0 fully saturated rings. The number of rotatable bonds is 3. The van der Waals surface area contributed by atoms with Crippen molar-refractivity contribution in [1.29, 1.82) is 0 Å². The van der Waals surface area contributed by atoms with Gasteiger partial charge in [-0.3, -0.25) is 0 Å². The van der Waals surface area contributed by atoms with Gasteiger partial charge in [0.2, 0.25) is 5.88 Å². The second-order valence-corrected chi connectivity index (χ2v) is 5.63. The molecule has 2 aromatic rings. The van der Waals surface area contributed by atoms with Crippen LogP contribution >= 0.6 is 11.6 Å². The Morgan fingerprint density at radius 3 is 2.42 bits per heavy atom. The third-order valence-electron chi connectivity index (χ3n) is 2.83. The summed E-state index contributed by atoms with van der Waals surface area (Å²) in [6, 6.07) is 8.02. The number of aromatic nitrogens is 2. The second kappa shape index (κ2) is 5.57. The van der Waals surface area contributed by atoms with Crippen LogP contribution in [0.3, 0.4) is 0 Å². The minimum atomic E-state index is 0.134. The molecule has 1 aromatic carbocycles. The molecule has 3 nitrogen and oxygen atoms in total. The van der Waals surface area contributed by atoms with E-state index in [9.17, 15) is 0 Å². The standard InChI is InChI=1S/C15H17ClN2O/c1-15(2,3)12-4-6-13(7-5-12)19-14-11(8-16)9-17-10-18-14/h4-7,9-10H,8H2,1-3H3. The molecule has 0 saturated carbocycles. The van der Waals surface area contributed by atoms with Gasteiger partial charge in [0.25, 0.3) is 0 Å². The Kier molecular flexibility index (Phi) is 4.05. The molecule has 0 amide bonds. The van der Waals surface area contributed by atoms with Crippen LogP contribution in [-0.4, -0.2) is 9.97 Å². The average molecular weight is 277 g/mol. The SMILES string of the molecule is CC(C)(C)c1ccc(Oc2ncncc2CCl)cc1. The molecule has 1 aromatic heterocycles. The van der Waals surface area contributed by atoms with E-state index in [4.69, 9.17) is 16.3 Å². The summed E-state index contributed by atoms with van der Waals surface area (Å²) in [6.07, 6.45) is 3.12. The van der Waals surface area contributed by atoms with Crippen LogP contribution in [0.1, 0.15) is 31.9 Å². The molecular formula is C15H17ClN2O. The van der Waals surface area contributed by atoms with Crippen molar-refractivity contribution in [1.82, 2.24) is 9.97 Å². The summed E-state index contributed by atoms with van der Waals surface area (Å²) in [6.45, 7) is 6.54. The third-order valence-corrected chi connectivity index (χ3v) is 3.11. The van der Waals surface area contributed by atoms with Gasteiger partial charge in [-0.2, -0.15) is 0 Å². The van der Waals surface area contributed by atoms with Gasteiger partial charge in [0, 0.05) is 11.8 Å². The van der Waals surface area contributed by atoms with Gasteiger partial charge in [0.05, 0.1) is 5.88 Å². The van der Waals surface area contributed by atoms with E-state index in [1.807, 2.05) is 12.1 Å². The maximum atomic E-state index is 5.82. The van der Waals surface area contributed by atoms with Gasteiger partial charge in [-0.05, 0) is 23.1 Å². The second-order valence-electron chi connectivity index (χ2n) is 5.36. The van der Waals surface area contributed by atoms with E-state index in [1.165, 1.54) is 11.9 Å². The van der Waals surface area contributed by atoms with Gasteiger partial charge in [-0.25, -0.2) is 9.97 Å². The lowest BCUT2D eigenvalue weighted by Crippen LogP contribution is -2.10. The normalized spacial score (nSPS) is 11.4. The molecule has 0 saturated heterocycles. The number of halogens is 1. The van der Waals surface area contributed by atoms with E-state index in [0.29, 0.717) is 11.8 Å². The fourth-order valence-corrected chi connectivity index (χ4v) is 1.85. The molecule has 0 unspecified atom stereocenters. The average Bonchev–Trinajstić information content (AvgIpc) is 2.39. The van der Waals surface area contributed by atoms with E-state index < -0.39 is 0 Å². The number of hydrogen-bond acceptors (Lipinski definition) is 3. The first-order valence-corrected chi connectivity index (χ1v) is 6.67. The van der Waals surface area contributed by atoms with Crippen LogP contribution in [0.15, 0.2) is 36.8 Å². The van der Waals surface area contributed by atoms with Crippen molar-refractivity contribution in [3.05, 3.63) is 47.9 Å². The molecule has 0 spiro atoms. The summed E-state index contributed by atoms with van der Waals surface area (Å²) in [5.74, 6) is 1.59. The summed E-state index contributed by atoms with van der Waals surface area (Å²) >= 11 is 5.82. The molecule has 1 heterocycles. The lowest BCUT2D eigenvalue weighted by atomic mass is 9.87. The highest BCUT2D eigenvalue weighted by molar-refractivity contribution is 6.17. The van der Waals surface area contributed by atoms with Crippen LogP contribution in [0.2, 0.25) is 0 Å². The topological polar surface area (TPSA) is 35.0 Å². The first kappa shape index (κ1) is 13.8. The quantitative estimate of drug-likeness (QED) is 0.784. The van der Waals surface area contributed by atoms with E-state index in [-0.39, 0.29) is 5.41 Å². The number of benzene rings is 1. The number of hydrogen-bond donors (Lipinski definition) is 0. The van der Waals surface area contributed by atoms with Crippen molar-refractivity contribution >= 4 is 11.6 Å². The van der Waals surface area contributed by atoms with E-state index in [0.717, 1.165) is 11.3 Å². The summed E-state index contributed by atoms with van der Waals surface area (Å²) in [4.78, 5) is 8.03. The van der Waals surface area contributed by atoms with Crippen LogP contribution in [0, 0.1) is 0 Å². The molecule has 0 bridgehead atoms. The van der Waals surface area contributed by atoms with Gasteiger partial charge in [-0.1, -0.05) is 32.9 Å². The first-order chi connectivity index (χ1) is 9.00. The van der Waals surface area contributed by atoms with E-state index in [1.54, 1.807) is 6.20 Å². The van der Waals surface area contributed by atoms with E-state index >= 15 is 0 Å². The van der Waals surface area contributed by atoms with Crippen LogP contribution in [0.4, 0.5) is 0 Å². The summed E-state index contributed by atoms with van der Waals surface area (Å²) < 4.78 is 5.73. The number of alkyl halides is 1. The summed E-state index contributed by atoms with van der Waals surface area (Å²) in [5, 5.41) is 0. The number of nitrogens with zero attached hydrogens (tertiary/aromatic N) is 2. The largest absolute Gasteiger partial charge is 0.439 e. The maximum absolute atomic E-state index is 5.82. The van der Waals surface area contributed by atoms with Crippen molar-refractivity contribution < 1.29 is 4.74 Å². The predicted octanol–water partition coefficient (Wildman–Crippen LogP) is 4.31. The Hall–Kier alpha value is -1.61. The lowest BCUT2D eigenvalue weighted by Gasteiger charge is -2.19. The van der Waals surface area contributed by atoms with Gasteiger partial charge < -0.3 is 4.74 Å². The van der Waals surface area contributed by atoms with Gasteiger partial charge >= 0.3 is 0 Å². The molecule has 0 aliphatic carbocycles. The molecule has 0 N–H and O–H groups in total. The Labute approximate surface area is 118 Å². The molecule has 0 aliphatic heterocycles. The van der Waals surface area contributed by atoms with Gasteiger partial charge in [-0.15, -0.1) is 11.6 Å². The molecule has 0 aliphatic rings. The summed E-state index contributed by atoms with van der Waals surface area (Å²) in [7, 11) is 0. The molecule has 4 heteroatoms. The zero-order valence-electron chi connectivity index (χ0n) is 11.4. The number of ether oxygens (including phenoxy) is 1. The smallest absolute Gasteiger partial charge is 0.226 e. The summed E-state index contributed by atoms with van der Waals surface area (Å²) in [5.41, 5.74) is 2.18. The van der Waals surface area contributed by atoms with Crippen LogP contribution in [0.5, 0.6) is 11.6 Å². The van der Waals surface area contributed by atoms with Gasteiger partial charge in [0.1, 0.15) is 12.1 Å². The Bertz CT molecular complexity index is 547. The molecule has 19 heavy (non-hydrogen) atoms. The lowest BCUT2D eigenvalue weighted by molar-refractivity contribution is 0.456. The Morgan fingerprint density at radius 2 is 1.84 bits per heavy atom. The van der Waals surface area contributed by atoms with Crippen LogP contribution < -0.4 is 4.74 Å². The van der Waals surface area contributed by atoms with Gasteiger partial charge in [0.15, 0.2) is 0 Å². The first-order valence-electron chi connectivity index (χ1n) is 6.14. The van der Waals surface area contributed by atoms with Crippen molar-refractivity contribution in [2.45, 2.75) is 32.1 Å². The zero-order chi connectivity index (χ0) is 13.9. The molecule has 100 valence electrons. The molecule has 0 atom stereocenters. The van der Waals surface area contributed by atoms with E-state index in [2.05, 4.69) is 42.9 Å². The third kappa shape index (κ3) is 3.44. The van der Waals surface area contributed by atoms with Crippen molar-refractivity contribution in [2.24, 2.45) is 0 Å². The predicted molar refractivity (Wildman–Crippen MR) is 76.8 cm³/mol. The highest BCUT2D eigenvalue weighted by atomic mass is 35.5. The minimum absolute atomic E-state index is 0.134. The molecule has 0 radical (unpaired) electrons. The molecule has 2 rings (SSSR count). The van der Waals surface area contributed by atoms with Crippen molar-refractivity contribution in [3.63, 3.8) is 0 Å². The monoisotopic (exact) mass is 276 g/mol. The Balaban J connectivity index is 2.20. The minimum Gasteiger partial charge on any atom is -0.439 e. The van der Waals surface area contributed by atoms with Crippen molar-refractivity contribution in [2.75, 3.05) is 0 Å².